The number of aliphatic imine (C=N–C) groups is 1. The Balaban J connectivity index is 1.59. The van der Waals surface area contributed by atoms with Gasteiger partial charge in [0, 0.05) is 32.5 Å². The summed E-state index contributed by atoms with van der Waals surface area (Å²) in [5.41, 5.74) is 1.00. The number of hydrogen-bond donors (Lipinski definition) is 2. The van der Waals surface area contributed by atoms with Crippen LogP contribution in [0.1, 0.15) is 32.3 Å². The van der Waals surface area contributed by atoms with E-state index in [0.29, 0.717) is 18.9 Å². The molecule has 0 saturated carbocycles. The van der Waals surface area contributed by atoms with Crippen LogP contribution in [-0.2, 0) is 6.54 Å². The minimum atomic E-state index is 0.159. The molecule has 2 aromatic carbocycles. The van der Waals surface area contributed by atoms with E-state index in [1.165, 1.54) is 0 Å². The molecule has 6 heteroatoms. The predicted molar refractivity (Wildman–Crippen MR) is 116 cm³/mol. The van der Waals surface area contributed by atoms with Gasteiger partial charge in [-0.1, -0.05) is 24.3 Å². The average molecular weight is 398 g/mol. The molecule has 0 bridgehead atoms. The van der Waals surface area contributed by atoms with Gasteiger partial charge >= 0.3 is 0 Å². The maximum absolute atomic E-state index is 9.87. The van der Waals surface area contributed by atoms with Crippen molar-refractivity contribution in [2.24, 2.45) is 4.99 Å². The Morgan fingerprint density at radius 3 is 2.59 bits per heavy atom. The summed E-state index contributed by atoms with van der Waals surface area (Å²) in [5.74, 6) is 2.51. The van der Waals surface area contributed by atoms with Crippen LogP contribution in [0.3, 0.4) is 0 Å². The molecule has 0 atom stereocenters. The highest BCUT2D eigenvalue weighted by molar-refractivity contribution is 5.80. The zero-order chi connectivity index (χ0) is 20.5. The van der Waals surface area contributed by atoms with Crippen molar-refractivity contribution in [2.75, 3.05) is 26.2 Å². The first-order valence-electron chi connectivity index (χ1n) is 10.4. The van der Waals surface area contributed by atoms with Crippen molar-refractivity contribution < 1.29 is 14.6 Å². The molecule has 3 rings (SSSR count). The summed E-state index contributed by atoms with van der Waals surface area (Å²) in [4.78, 5) is 7.09. The number of aromatic hydroxyl groups is 1. The molecule has 156 valence electrons. The highest BCUT2D eigenvalue weighted by Gasteiger charge is 2.22. The van der Waals surface area contributed by atoms with Gasteiger partial charge in [-0.3, -0.25) is 0 Å². The van der Waals surface area contributed by atoms with Crippen molar-refractivity contribution in [2.45, 2.75) is 39.3 Å². The van der Waals surface area contributed by atoms with Gasteiger partial charge in [0.2, 0.25) is 0 Å². The summed E-state index contributed by atoms with van der Waals surface area (Å²) >= 11 is 0. The van der Waals surface area contributed by atoms with E-state index in [-0.39, 0.29) is 11.9 Å². The van der Waals surface area contributed by atoms with E-state index >= 15 is 0 Å². The Morgan fingerprint density at radius 1 is 1.14 bits per heavy atom. The molecule has 29 heavy (non-hydrogen) atoms. The molecule has 1 aliphatic heterocycles. The van der Waals surface area contributed by atoms with E-state index in [1.807, 2.05) is 49.4 Å². The second kappa shape index (κ2) is 10.6. The van der Waals surface area contributed by atoms with E-state index in [2.05, 4.69) is 17.1 Å². The van der Waals surface area contributed by atoms with Crippen molar-refractivity contribution in [3.8, 4) is 17.2 Å². The Bertz CT molecular complexity index is 787. The van der Waals surface area contributed by atoms with E-state index in [9.17, 15) is 5.11 Å². The molecule has 0 aliphatic carbocycles. The van der Waals surface area contributed by atoms with Crippen LogP contribution in [0.4, 0.5) is 0 Å². The van der Waals surface area contributed by atoms with Crippen LogP contribution < -0.4 is 14.8 Å². The average Bonchev–Trinajstić information content (AvgIpc) is 2.75. The van der Waals surface area contributed by atoms with Gasteiger partial charge in [-0.15, -0.1) is 0 Å². The van der Waals surface area contributed by atoms with E-state index in [0.717, 1.165) is 49.7 Å². The van der Waals surface area contributed by atoms with Gasteiger partial charge in [0.15, 0.2) is 17.5 Å². The lowest BCUT2D eigenvalue weighted by atomic mass is 10.1. The van der Waals surface area contributed by atoms with Crippen LogP contribution in [0.5, 0.6) is 17.2 Å². The molecule has 0 amide bonds. The number of phenols is 1. The number of piperidine rings is 1. The normalized spacial score (nSPS) is 15.2. The molecule has 1 aliphatic rings. The third kappa shape index (κ3) is 6.04. The molecule has 1 fully saturated rings. The van der Waals surface area contributed by atoms with Crippen LogP contribution in [0, 0.1) is 0 Å². The van der Waals surface area contributed by atoms with Crippen molar-refractivity contribution in [1.82, 2.24) is 10.2 Å². The van der Waals surface area contributed by atoms with Gasteiger partial charge in [0.1, 0.15) is 11.9 Å². The maximum Gasteiger partial charge on any atom is 0.194 e. The molecule has 2 aromatic rings. The van der Waals surface area contributed by atoms with Gasteiger partial charge in [0.25, 0.3) is 0 Å². The number of rotatable bonds is 7. The maximum atomic E-state index is 9.87. The number of nitrogens with one attached hydrogen (secondary N) is 1. The minimum absolute atomic E-state index is 0.159. The van der Waals surface area contributed by atoms with Gasteiger partial charge in [-0.2, -0.15) is 0 Å². The second-order valence-electron chi connectivity index (χ2n) is 7.02. The number of benzene rings is 2. The predicted octanol–water partition coefficient (Wildman–Crippen LogP) is 3.80. The SMILES string of the molecule is CCNC(=NCc1ccc(O)c(OCC)c1)N1CCC(Oc2ccccc2)CC1. The summed E-state index contributed by atoms with van der Waals surface area (Å²) < 4.78 is 11.6. The summed E-state index contributed by atoms with van der Waals surface area (Å²) in [6.07, 6.45) is 2.17. The Hall–Kier alpha value is -2.89. The van der Waals surface area contributed by atoms with Crippen LogP contribution in [-0.4, -0.2) is 48.3 Å². The number of hydrogen-bond acceptors (Lipinski definition) is 4. The lowest BCUT2D eigenvalue weighted by Crippen LogP contribution is -2.47. The molecular weight excluding hydrogens is 366 g/mol. The fraction of sp³-hybridized carbons (Fsp3) is 0.435. The first-order valence-corrected chi connectivity index (χ1v) is 10.4. The van der Waals surface area contributed by atoms with Crippen molar-refractivity contribution in [3.05, 3.63) is 54.1 Å². The highest BCUT2D eigenvalue weighted by atomic mass is 16.5. The van der Waals surface area contributed by atoms with Gasteiger partial charge < -0.3 is 24.8 Å². The minimum Gasteiger partial charge on any atom is -0.504 e. The van der Waals surface area contributed by atoms with Crippen LogP contribution in [0.25, 0.3) is 0 Å². The lowest BCUT2D eigenvalue weighted by molar-refractivity contribution is 0.129. The summed E-state index contributed by atoms with van der Waals surface area (Å²) in [7, 11) is 0. The smallest absolute Gasteiger partial charge is 0.194 e. The second-order valence-corrected chi connectivity index (χ2v) is 7.02. The Morgan fingerprint density at radius 2 is 1.90 bits per heavy atom. The number of nitrogens with zero attached hydrogens (tertiary/aromatic N) is 2. The third-order valence-electron chi connectivity index (χ3n) is 4.86. The third-order valence-corrected chi connectivity index (χ3v) is 4.86. The number of phenolic OH excluding ortho intramolecular Hbond substituents is 1. The first kappa shape index (κ1) is 20.8. The fourth-order valence-corrected chi connectivity index (χ4v) is 3.40. The van der Waals surface area contributed by atoms with Crippen molar-refractivity contribution in [3.63, 3.8) is 0 Å². The molecule has 0 unspecified atom stereocenters. The number of guanidine groups is 1. The van der Waals surface area contributed by atoms with E-state index in [1.54, 1.807) is 6.07 Å². The summed E-state index contributed by atoms with van der Waals surface area (Å²) in [6, 6.07) is 15.4. The molecule has 0 aromatic heterocycles. The molecule has 0 spiro atoms. The fourth-order valence-electron chi connectivity index (χ4n) is 3.40. The topological polar surface area (TPSA) is 66.3 Å². The molecule has 1 saturated heterocycles. The Labute approximate surface area is 173 Å². The van der Waals surface area contributed by atoms with Crippen LogP contribution >= 0.6 is 0 Å². The van der Waals surface area contributed by atoms with Crippen molar-refractivity contribution in [1.29, 1.82) is 0 Å². The summed E-state index contributed by atoms with van der Waals surface area (Å²) in [5, 5.41) is 13.3. The number of likely N-dealkylation sites (tertiary alicyclic amines) is 1. The number of ether oxygens (including phenoxy) is 2. The monoisotopic (exact) mass is 397 g/mol. The van der Waals surface area contributed by atoms with Crippen LogP contribution in [0.2, 0.25) is 0 Å². The van der Waals surface area contributed by atoms with E-state index in [4.69, 9.17) is 14.5 Å². The quantitative estimate of drug-likeness (QED) is 0.550. The standard InChI is InChI=1S/C23H31N3O3/c1-3-24-23(25-17-18-10-11-21(27)22(16-18)28-4-2)26-14-12-20(13-15-26)29-19-8-6-5-7-9-19/h5-11,16,20,27H,3-4,12-15,17H2,1-2H3,(H,24,25). The van der Waals surface area contributed by atoms with Crippen LogP contribution in [0.15, 0.2) is 53.5 Å². The molecule has 0 radical (unpaired) electrons. The first-order chi connectivity index (χ1) is 14.2. The zero-order valence-corrected chi connectivity index (χ0v) is 17.3. The summed E-state index contributed by atoms with van der Waals surface area (Å²) in [6.45, 7) is 7.66. The number of para-hydroxylation sites is 1. The molecule has 2 N–H and O–H groups in total. The van der Waals surface area contributed by atoms with Gasteiger partial charge in [0.05, 0.1) is 13.2 Å². The van der Waals surface area contributed by atoms with Crippen molar-refractivity contribution >= 4 is 5.96 Å². The van der Waals surface area contributed by atoms with Gasteiger partial charge in [-0.25, -0.2) is 4.99 Å². The molecule has 1 heterocycles. The molecular formula is C23H31N3O3. The Kier molecular flexibility index (Phi) is 7.61. The zero-order valence-electron chi connectivity index (χ0n) is 17.3. The molecule has 6 nitrogen and oxygen atoms in total. The highest BCUT2D eigenvalue weighted by Crippen LogP contribution is 2.27. The largest absolute Gasteiger partial charge is 0.504 e. The van der Waals surface area contributed by atoms with Gasteiger partial charge in [-0.05, 0) is 43.7 Å². The lowest BCUT2D eigenvalue weighted by Gasteiger charge is -2.34. The van der Waals surface area contributed by atoms with E-state index < -0.39 is 0 Å².